The normalized spacial score (nSPS) is 11.7. The summed E-state index contributed by atoms with van der Waals surface area (Å²) in [5.41, 5.74) is 1.15. The number of nitrogens with one attached hydrogen (secondary N) is 2. The van der Waals surface area contributed by atoms with E-state index in [4.69, 9.17) is 0 Å². The van der Waals surface area contributed by atoms with Gasteiger partial charge in [-0.3, -0.25) is 9.71 Å². The summed E-state index contributed by atoms with van der Waals surface area (Å²) in [6.45, 7) is 3.30. The lowest BCUT2D eigenvalue weighted by Crippen LogP contribution is -2.27. The third kappa shape index (κ3) is 4.66. The third-order valence-electron chi connectivity index (χ3n) is 2.92. The van der Waals surface area contributed by atoms with Crippen molar-refractivity contribution >= 4 is 42.5 Å². The van der Waals surface area contributed by atoms with Crippen LogP contribution < -0.4 is 10.0 Å². The number of para-hydroxylation sites is 1. The molecule has 1 heterocycles. The van der Waals surface area contributed by atoms with E-state index in [-0.39, 0.29) is 5.75 Å². The minimum Gasteiger partial charge on any atom is -0.316 e. The van der Waals surface area contributed by atoms with Gasteiger partial charge < -0.3 is 5.32 Å². The van der Waals surface area contributed by atoms with Gasteiger partial charge in [0.15, 0.2) is 0 Å². The monoisotopic (exact) mass is 371 g/mol. The standard InChI is InChI=1S/C14H18BrN3O2S/c1-2-6-16-7-8-21(19,20)18-13-5-3-4-11-9-12(15)10-17-14(11)13/h3-5,9-10,16,18H,2,6-8H2,1H3. The smallest absolute Gasteiger partial charge is 0.234 e. The number of aromatic nitrogens is 1. The van der Waals surface area contributed by atoms with Crippen molar-refractivity contribution in [3.8, 4) is 0 Å². The van der Waals surface area contributed by atoms with Crippen LogP contribution in [0.2, 0.25) is 0 Å². The summed E-state index contributed by atoms with van der Waals surface area (Å²) in [6.07, 6.45) is 2.64. The van der Waals surface area contributed by atoms with E-state index in [1.54, 1.807) is 12.3 Å². The van der Waals surface area contributed by atoms with Crippen LogP contribution >= 0.6 is 15.9 Å². The van der Waals surface area contributed by atoms with Gasteiger partial charge in [-0.15, -0.1) is 0 Å². The van der Waals surface area contributed by atoms with Crippen LogP contribution in [0.25, 0.3) is 10.9 Å². The summed E-state index contributed by atoms with van der Waals surface area (Å²) in [4.78, 5) is 4.29. The molecule has 0 unspecified atom stereocenters. The molecule has 2 rings (SSSR count). The van der Waals surface area contributed by atoms with Gasteiger partial charge in [-0.2, -0.15) is 0 Å². The van der Waals surface area contributed by atoms with Gasteiger partial charge in [0, 0.05) is 22.6 Å². The number of hydrogen-bond acceptors (Lipinski definition) is 4. The first-order valence-electron chi connectivity index (χ1n) is 6.77. The molecule has 0 aliphatic carbocycles. The number of hydrogen-bond donors (Lipinski definition) is 2. The molecule has 7 heteroatoms. The van der Waals surface area contributed by atoms with E-state index in [0.717, 1.165) is 22.8 Å². The predicted octanol–water partition coefficient (Wildman–Crippen LogP) is 2.74. The highest BCUT2D eigenvalue weighted by Gasteiger charge is 2.12. The molecule has 114 valence electrons. The molecule has 0 aliphatic rings. The summed E-state index contributed by atoms with van der Waals surface area (Å²) in [6, 6.07) is 7.33. The predicted molar refractivity (Wildman–Crippen MR) is 90.0 cm³/mol. The quantitative estimate of drug-likeness (QED) is 0.734. The molecular weight excluding hydrogens is 354 g/mol. The van der Waals surface area contributed by atoms with Crippen LogP contribution in [-0.2, 0) is 10.0 Å². The Labute approximate surface area is 133 Å². The number of nitrogens with zero attached hydrogens (tertiary/aromatic N) is 1. The highest BCUT2D eigenvalue weighted by atomic mass is 79.9. The first-order chi connectivity index (χ1) is 10.0. The molecular formula is C14H18BrN3O2S. The first kappa shape index (κ1) is 16.2. The Morgan fingerprint density at radius 2 is 2.10 bits per heavy atom. The average Bonchev–Trinajstić information content (AvgIpc) is 2.43. The van der Waals surface area contributed by atoms with Crippen LogP contribution in [0.5, 0.6) is 0 Å². The number of fused-ring (bicyclic) bond motifs is 1. The molecule has 0 fully saturated rings. The van der Waals surface area contributed by atoms with Gasteiger partial charge in [0.1, 0.15) is 0 Å². The zero-order chi connectivity index (χ0) is 15.3. The second kappa shape index (κ2) is 7.20. The highest BCUT2D eigenvalue weighted by Crippen LogP contribution is 2.24. The molecule has 0 bridgehead atoms. The number of pyridine rings is 1. The molecule has 0 amide bonds. The van der Waals surface area contributed by atoms with E-state index < -0.39 is 10.0 Å². The Bertz CT molecular complexity index is 719. The number of anilines is 1. The third-order valence-corrected chi connectivity index (χ3v) is 4.62. The summed E-state index contributed by atoms with van der Waals surface area (Å²) in [5.74, 6) is 0.0416. The minimum atomic E-state index is -3.38. The molecule has 0 saturated carbocycles. The van der Waals surface area contributed by atoms with Gasteiger partial charge in [-0.05, 0) is 41.0 Å². The summed E-state index contributed by atoms with van der Waals surface area (Å²) in [7, 11) is -3.38. The fourth-order valence-electron chi connectivity index (χ4n) is 1.94. The van der Waals surface area contributed by atoms with Crippen LogP contribution in [0.4, 0.5) is 5.69 Å². The lowest BCUT2D eigenvalue weighted by atomic mass is 10.2. The van der Waals surface area contributed by atoms with Crippen molar-refractivity contribution in [3.05, 3.63) is 34.9 Å². The van der Waals surface area contributed by atoms with Crippen molar-refractivity contribution in [3.63, 3.8) is 0 Å². The van der Waals surface area contributed by atoms with Gasteiger partial charge in [0.05, 0.1) is 17.0 Å². The maximum Gasteiger partial charge on any atom is 0.234 e. The van der Waals surface area contributed by atoms with E-state index >= 15 is 0 Å². The van der Waals surface area contributed by atoms with Crippen molar-refractivity contribution in [2.24, 2.45) is 0 Å². The Hall–Kier alpha value is -1.18. The summed E-state index contributed by atoms with van der Waals surface area (Å²) < 4.78 is 27.6. The molecule has 0 aliphatic heterocycles. The Balaban J connectivity index is 2.15. The second-order valence-corrected chi connectivity index (χ2v) is 7.46. The minimum absolute atomic E-state index is 0.0416. The van der Waals surface area contributed by atoms with Crippen LogP contribution in [0.15, 0.2) is 34.9 Å². The van der Waals surface area contributed by atoms with Crippen LogP contribution in [0.3, 0.4) is 0 Å². The van der Waals surface area contributed by atoms with E-state index in [2.05, 4.69) is 31.0 Å². The molecule has 0 spiro atoms. The van der Waals surface area contributed by atoms with E-state index in [1.807, 2.05) is 25.1 Å². The molecule has 1 aromatic heterocycles. The molecule has 0 radical (unpaired) electrons. The number of rotatable bonds is 7. The molecule has 5 nitrogen and oxygen atoms in total. The van der Waals surface area contributed by atoms with Crippen molar-refractivity contribution in [1.82, 2.24) is 10.3 Å². The van der Waals surface area contributed by atoms with Crippen molar-refractivity contribution in [2.45, 2.75) is 13.3 Å². The van der Waals surface area contributed by atoms with Crippen molar-refractivity contribution < 1.29 is 8.42 Å². The molecule has 0 saturated heterocycles. The van der Waals surface area contributed by atoms with Crippen LogP contribution in [0.1, 0.15) is 13.3 Å². The fraction of sp³-hybridized carbons (Fsp3) is 0.357. The molecule has 2 aromatic rings. The maximum atomic E-state index is 12.1. The van der Waals surface area contributed by atoms with Gasteiger partial charge in [-0.25, -0.2) is 8.42 Å². The topological polar surface area (TPSA) is 71.1 Å². The zero-order valence-corrected chi connectivity index (χ0v) is 14.2. The molecule has 1 aromatic carbocycles. The number of benzene rings is 1. The van der Waals surface area contributed by atoms with Gasteiger partial charge in [0.25, 0.3) is 0 Å². The van der Waals surface area contributed by atoms with Crippen molar-refractivity contribution in [2.75, 3.05) is 23.6 Å². The fourth-order valence-corrected chi connectivity index (χ4v) is 3.31. The van der Waals surface area contributed by atoms with E-state index in [1.165, 1.54) is 0 Å². The highest BCUT2D eigenvalue weighted by molar-refractivity contribution is 9.10. The van der Waals surface area contributed by atoms with E-state index in [9.17, 15) is 8.42 Å². The SMILES string of the molecule is CCCNCCS(=O)(=O)Nc1cccc2cc(Br)cnc12. The lowest BCUT2D eigenvalue weighted by Gasteiger charge is -2.10. The Morgan fingerprint density at radius 3 is 2.86 bits per heavy atom. The van der Waals surface area contributed by atoms with Crippen molar-refractivity contribution in [1.29, 1.82) is 0 Å². The number of sulfonamides is 1. The largest absolute Gasteiger partial charge is 0.316 e. The van der Waals surface area contributed by atoms with Crippen LogP contribution in [0, 0.1) is 0 Å². The summed E-state index contributed by atoms with van der Waals surface area (Å²) in [5, 5.41) is 3.96. The van der Waals surface area contributed by atoms with Gasteiger partial charge in [-0.1, -0.05) is 19.1 Å². The maximum absolute atomic E-state index is 12.1. The summed E-state index contributed by atoms with van der Waals surface area (Å²) >= 11 is 3.36. The zero-order valence-electron chi connectivity index (χ0n) is 11.8. The van der Waals surface area contributed by atoms with Gasteiger partial charge in [0.2, 0.25) is 10.0 Å². The van der Waals surface area contributed by atoms with Crippen LogP contribution in [-0.4, -0.2) is 32.2 Å². The van der Waals surface area contributed by atoms with Gasteiger partial charge >= 0.3 is 0 Å². The second-order valence-electron chi connectivity index (χ2n) is 4.70. The molecule has 2 N–H and O–H groups in total. The lowest BCUT2D eigenvalue weighted by molar-refractivity contribution is 0.595. The average molecular weight is 372 g/mol. The Kier molecular flexibility index (Phi) is 5.55. The van der Waals surface area contributed by atoms with E-state index in [0.29, 0.717) is 17.7 Å². The number of halogens is 1. The Morgan fingerprint density at radius 1 is 1.29 bits per heavy atom. The molecule has 0 atom stereocenters. The first-order valence-corrected chi connectivity index (χ1v) is 9.22. The molecule has 21 heavy (non-hydrogen) atoms.